The molecule has 0 aliphatic heterocycles. The maximum absolute atomic E-state index is 12.6. The van der Waals surface area contributed by atoms with Crippen molar-refractivity contribution < 1.29 is 32.3 Å². The first-order chi connectivity index (χ1) is 15.8. The first kappa shape index (κ1) is 25.9. The van der Waals surface area contributed by atoms with Crippen LogP contribution in [0.5, 0.6) is 0 Å². The Hall–Kier alpha value is -3.35. The summed E-state index contributed by atoms with van der Waals surface area (Å²) < 4.78 is 37.2. The number of ether oxygens (including phenoxy) is 2. The minimum atomic E-state index is -4.26. The highest BCUT2D eigenvalue weighted by atomic mass is 32.2. The second-order valence-electron chi connectivity index (χ2n) is 6.60. The summed E-state index contributed by atoms with van der Waals surface area (Å²) >= 11 is 0. The Bertz CT molecular complexity index is 1070. The van der Waals surface area contributed by atoms with Crippen LogP contribution in [0.3, 0.4) is 0 Å². The van der Waals surface area contributed by atoms with Gasteiger partial charge in [0, 0.05) is 38.6 Å². The molecule has 0 saturated carbocycles. The molecule has 11 nitrogen and oxygen atoms in total. The van der Waals surface area contributed by atoms with Crippen LogP contribution in [0, 0.1) is 0 Å². The van der Waals surface area contributed by atoms with Gasteiger partial charge in [-0.2, -0.15) is 0 Å². The number of nitrogens with one attached hydrogen (secondary N) is 3. The monoisotopic (exact) mass is 478 g/mol. The molecule has 0 radical (unpaired) electrons. The summed E-state index contributed by atoms with van der Waals surface area (Å²) in [6, 6.07) is 7.87. The molecule has 178 valence electrons. The van der Waals surface area contributed by atoms with E-state index in [-0.39, 0.29) is 28.3 Å². The van der Waals surface area contributed by atoms with Gasteiger partial charge in [0.2, 0.25) is 0 Å². The summed E-state index contributed by atoms with van der Waals surface area (Å²) in [4.78, 5) is 40.2. The summed E-state index contributed by atoms with van der Waals surface area (Å²) in [5.41, 5.74) is 0.123. The van der Waals surface area contributed by atoms with Gasteiger partial charge >= 0.3 is 0 Å². The predicted molar refractivity (Wildman–Crippen MR) is 118 cm³/mol. The fourth-order valence-corrected chi connectivity index (χ4v) is 3.57. The van der Waals surface area contributed by atoms with Crippen molar-refractivity contribution in [2.45, 2.75) is 11.8 Å². The molecule has 0 aliphatic carbocycles. The molecular formula is C21H26N4O7S. The highest BCUT2D eigenvalue weighted by molar-refractivity contribution is 7.90. The zero-order valence-corrected chi connectivity index (χ0v) is 19.1. The Morgan fingerprint density at radius 3 is 2.33 bits per heavy atom. The van der Waals surface area contributed by atoms with Crippen LogP contribution in [0.15, 0.2) is 47.5 Å². The van der Waals surface area contributed by atoms with Crippen molar-refractivity contribution in [1.29, 1.82) is 0 Å². The van der Waals surface area contributed by atoms with Gasteiger partial charge in [-0.05, 0) is 37.3 Å². The summed E-state index contributed by atoms with van der Waals surface area (Å²) in [6.07, 6.45) is 1.10. The van der Waals surface area contributed by atoms with Gasteiger partial charge < -0.3 is 20.1 Å². The van der Waals surface area contributed by atoms with Crippen molar-refractivity contribution in [3.05, 3.63) is 59.4 Å². The number of hydrogen-bond acceptors (Lipinski definition) is 8. The first-order valence-electron chi connectivity index (χ1n) is 10.0. The highest BCUT2D eigenvalue weighted by Crippen LogP contribution is 2.12. The maximum atomic E-state index is 12.6. The molecule has 0 aliphatic rings. The number of carbonyl (C=O) groups is 3. The fraction of sp³-hybridized carbons (Fsp3) is 0.333. The molecule has 0 fully saturated rings. The molecule has 12 heteroatoms. The summed E-state index contributed by atoms with van der Waals surface area (Å²) in [7, 11) is -2.76. The number of rotatable bonds is 12. The van der Waals surface area contributed by atoms with Gasteiger partial charge in [0.15, 0.2) is 0 Å². The molecule has 1 aromatic carbocycles. The number of hydrogen-bond donors (Lipinski definition) is 3. The van der Waals surface area contributed by atoms with E-state index in [1.54, 1.807) is 0 Å². The number of sulfonamides is 1. The Labute approximate surface area is 191 Å². The molecule has 2 rings (SSSR count). The van der Waals surface area contributed by atoms with E-state index < -0.39 is 27.7 Å². The predicted octanol–water partition coefficient (Wildman–Crippen LogP) is 0.343. The standard InChI is InChI=1S/C21H26N4O7S/c1-3-32-12-10-22-19(26)15-5-4-6-17(13-15)33(29,30)25-20(27)16-7-8-18(24-14-16)21(28)23-9-11-31-2/h4-8,13-14H,3,9-12H2,1-2H3,(H,22,26)(H,23,28)(H,25,27). The third-order valence-corrected chi connectivity index (χ3v) is 5.55. The largest absolute Gasteiger partial charge is 0.383 e. The van der Waals surface area contributed by atoms with Crippen molar-refractivity contribution in [3.8, 4) is 0 Å². The SMILES string of the molecule is CCOCCNC(=O)c1cccc(S(=O)(=O)NC(=O)c2ccc(C(=O)NCCOC)nc2)c1. The van der Waals surface area contributed by atoms with E-state index in [1.807, 2.05) is 11.6 Å². The number of amides is 3. The zero-order chi connectivity index (χ0) is 24.3. The lowest BCUT2D eigenvalue weighted by molar-refractivity contribution is 0.0919. The molecule has 0 bridgehead atoms. The number of pyridine rings is 1. The molecule has 0 spiro atoms. The molecule has 3 N–H and O–H groups in total. The topological polar surface area (TPSA) is 153 Å². The van der Waals surface area contributed by atoms with Crippen LogP contribution in [0.25, 0.3) is 0 Å². The molecule has 1 heterocycles. The number of methoxy groups -OCH3 is 1. The van der Waals surface area contributed by atoms with Gasteiger partial charge in [-0.1, -0.05) is 6.07 Å². The smallest absolute Gasteiger partial charge is 0.269 e. The van der Waals surface area contributed by atoms with Gasteiger partial charge in [0.25, 0.3) is 27.7 Å². The van der Waals surface area contributed by atoms with Gasteiger partial charge in [-0.25, -0.2) is 13.1 Å². The van der Waals surface area contributed by atoms with Gasteiger partial charge in [0.1, 0.15) is 5.69 Å². The molecule has 0 atom stereocenters. The molecular weight excluding hydrogens is 452 g/mol. The third-order valence-electron chi connectivity index (χ3n) is 4.22. The average molecular weight is 479 g/mol. The second kappa shape index (κ2) is 12.6. The zero-order valence-electron chi connectivity index (χ0n) is 18.3. The number of carbonyl (C=O) groups excluding carboxylic acids is 3. The van der Waals surface area contributed by atoms with E-state index in [2.05, 4.69) is 15.6 Å². The number of aromatic nitrogens is 1. The maximum Gasteiger partial charge on any atom is 0.269 e. The number of benzene rings is 1. The van der Waals surface area contributed by atoms with Gasteiger partial charge in [-0.3, -0.25) is 19.4 Å². The van der Waals surface area contributed by atoms with Crippen LogP contribution < -0.4 is 15.4 Å². The lowest BCUT2D eigenvalue weighted by atomic mass is 10.2. The van der Waals surface area contributed by atoms with E-state index in [4.69, 9.17) is 9.47 Å². The van der Waals surface area contributed by atoms with Crippen molar-refractivity contribution in [3.63, 3.8) is 0 Å². The van der Waals surface area contributed by atoms with Crippen molar-refractivity contribution >= 4 is 27.7 Å². The quantitative estimate of drug-likeness (QED) is 0.369. The van der Waals surface area contributed by atoms with Crippen LogP contribution >= 0.6 is 0 Å². The molecule has 1 aromatic heterocycles. The third kappa shape index (κ3) is 7.93. The fourth-order valence-electron chi connectivity index (χ4n) is 2.55. The Kier molecular flexibility index (Phi) is 9.91. The van der Waals surface area contributed by atoms with E-state index in [1.165, 1.54) is 37.4 Å². The Balaban J connectivity index is 2.04. The van der Waals surface area contributed by atoms with Gasteiger partial charge in [-0.15, -0.1) is 0 Å². The minimum Gasteiger partial charge on any atom is -0.383 e. The summed E-state index contributed by atoms with van der Waals surface area (Å²) in [5, 5.41) is 5.19. The first-order valence-corrected chi connectivity index (χ1v) is 11.5. The number of nitrogens with zero attached hydrogens (tertiary/aromatic N) is 1. The van der Waals surface area contributed by atoms with Crippen molar-refractivity contribution in [2.24, 2.45) is 0 Å². The van der Waals surface area contributed by atoms with Crippen LogP contribution in [-0.4, -0.2) is 71.1 Å². The lowest BCUT2D eigenvalue weighted by Gasteiger charge is -2.09. The van der Waals surface area contributed by atoms with E-state index in [0.717, 1.165) is 12.3 Å². The molecule has 0 unspecified atom stereocenters. The summed E-state index contributed by atoms with van der Waals surface area (Å²) in [5.74, 6) is -1.86. The van der Waals surface area contributed by atoms with Crippen LogP contribution in [0.1, 0.15) is 38.1 Å². The van der Waals surface area contributed by atoms with Crippen LogP contribution in [0.4, 0.5) is 0 Å². The second-order valence-corrected chi connectivity index (χ2v) is 8.28. The minimum absolute atomic E-state index is 0.0585. The van der Waals surface area contributed by atoms with Crippen LogP contribution in [-0.2, 0) is 19.5 Å². The van der Waals surface area contributed by atoms with E-state index >= 15 is 0 Å². The van der Waals surface area contributed by atoms with Crippen LogP contribution in [0.2, 0.25) is 0 Å². The Morgan fingerprint density at radius 2 is 1.67 bits per heavy atom. The molecule has 2 aromatic rings. The molecule has 3 amide bonds. The highest BCUT2D eigenvalue weighted by Gasteiger charge is 2.21. The summed E-state index contributed by atoms with van der Waals surface area (Å²) in [6.45, 7) is 3.58. The Morgan fingerprint density at radius 1 is 0.939 bits per heavy atom. The molecule has 0 saturated heterocycles. The van der Waals surface area contributed by atoms with Crippen molar-refractivity contribution in [2.75, 3.05) is 40.0 Å². The molecule has 33 heavy (non-hydrogen) atoms. The van der Waals surface area contributed by atoms with E-state index in [9.17, 15) is 22.8 Å². The van der Waals surface area contributed by atoms with E-state index in [0.29, 0.717) is 26.4 Å². The normalized spacial score (nSPS) is 11.0. The lowest BCUT2D eigenvalue weighted by Crippen LogP contribution is -2.32. The average Bonchev–Trinajstić information content (AvgIpc) is 2.81. The van der Waals surface area contributed by atoms with Crippen molar-refractivity contribution in [1.82, 2.24) is 20.3 Å². The van der Waals surface area contributed by atoms with Gasteiger partial charge in [0.05, 0.1) is 23.7 Å².